The van der Waals surface area contributed by atoms with Gasteiger partial charge in [-0.05, 0) is 48.5 Å². The fourth-order valence-electron chi connectivity index (χ4n) is 3.50. The van der Waals surface area contributed by atoms with E-state index in [-0.39, 0.29) is 11.8 Å². The third kappa shape index (κ3) is 5.68. The predicted molar refractivity (Wildman–Crippen MR) is 133 cm³/mol. The van der Waals surface area contributed by atoms with Gasteiger partial charge >= 0.3 is 0 Å². The van der Waals surface area contributed by atoms with Gasteiger partial charge in [0.2, 0.25) is 0 Å². The summed E-state index contributed by atoms with van der Waals surface area (Å²) in [6, 6.07) is 21.1. The molecule has 178 valence electrons. The van der Waals surface area contributed by atoms with Crippen LogP contribution in [0.25, 0.3) is 0 Å². The molecule has 0 saturated heterocycles. The fourth-order valence-corrected chi connectivity index (χ4v) is 3.50. The van der Waals surface area contributed by atoms with E-state index >= 15 is 0 Å². The summed E-state index contributed by atoms with van der Waals surface area (Å²) in [6.07, 6.45) is 6.99. The zero-order chi connectivity index (χ0) is 24.7. The Labute approximate surface area is 206 Å². The van der Waals surface area contributed by atoms with Gasteiger partial charge in [-0.3, -0.25) is 28.9 Å². The van der Waals surface area contributed by atoms with Crippen molar-refractivity contribution in [2.24, 2.45) is 0 Å². The Morgan fingerprint density at radius 3 is 1.44 bits per heavy atom. The van der Waals surface area contributed by atoms with Crippen LogP contribution < -0.4 is 10.6 Å². The standard InChI is InChI=1S/C26H22N8O2/c35-25(29-23-11-15-33(31-23)17-21-5-1-3-13-27-21)19-7-9-20(10-8-19)26(36)30-24-12-16-34(32-24)18-22-6-2-4-14-28-22/h1-16H,17-18H2,(H,29,31,35)(H,30,32,36). The molecule has 0 aliphatic carbocycles. The van der Waals surface area contributed by atoms with Crippen molar-refractivity contribution in [1.29, 1.82) is 0 Å². The van der Waals surface area contributed by atoms with Gasteiger partial charge in [0.1, 0.15) is 0 Å². The highest BCUT2D eigenvalue weighted by molar-refractivity contribution is 6.06. The van der Waals surface area contributed by atoms with E-state index in [1.165, 1.54) is 0 Å². The second-order valence-electron chi connectivity index (χ2n) is 7.92. The number of rotatable bonds is 8. The molecule has 0 atom stereocenters. The molecular weight excluding hydrogens is 456 g/mol. The Kier molecular flexibility index (Phi) is 6.57. The first kappa shape index (κ1) is 22.7. The van der Waals surface area contributed by atoms with Gasteiger partial charge in [-0.1, -0.05) is 12.1 Å². The topological polar surface area (TPSA) is 120 Å². The highest BCUT2D eigenvalue weighted by Crippen LogP contribution is 2.12. The molecule has 4 heterocycles. The molecule has 5 rings (SSSR count). The van der Waals surface area contributed by atoms with Crippen LogP contribution in [-0.2, 0) is 13.1 Å². The monoisotopic (exact) mass is 478 g/mol. The smallest absolute Gasteiger partial charge is 0.256 e. The number of amides is 2. The molecule has 4 aromatic heterocycles. The minimum absolute atomic E-state index is 0.321. The molecule has 0 fully saturated rings. The molecule has 0 unspecified atom stereocenters. The number of pyridine rings is 2. The summed E-state index contributed by atoms with van der Waals surface area (Å²) < 4.78 is 3.39. The van der Waals surface area contributed by atoms with Crippen LogP contribution >= 0.6 is 0 Å². The second-order valence-corrected chi connectivity index (χ2v) is 7.92. The van der Waals surface area contributed by atoms with Gasteiger partial charge < -0.3 is 10.6 Å². The first-order valence-electron chi connectivity index (χ1n) is 11.2. The lowest BCUT2D eigenvalue weighted by Gasteiger charge is -2.05. The van der Waals surface area contributed by atoms with Crippen molar-refractivity contribution in [3.05, 3.63) is 120 Å². The van der Waals surface area contributed by atoms with Crippen LogP contribution in [0.4, 0.5) is 11.6 Å². The number of anilines is 2. The van der Waals surface area contributed by atoms with Crippen molar-refractivity contribution >= 4 is 23.5 Å². The Balaban J connectivity index is 1.16. The molecule has 0 bridgehead atoms. The number of hydrogen-bond acceptors (Lipinski definition) is 6. The van der Waals surface area contributed by atoms with Crippen LogP contribution in [0.15, 0.2) is 97.6 Å². The summed E-state index contributed by atoms with van der Waals surface area (Å²) in [5, 5.41) is 14.3. The molecule has 10 heteroatoms. The van der Waals surface area contributed by atoms with Crippen LogP contribution in [0.1, 0.15) is 32.1 Å². The number of carbonyl (C=O) groups is 2. The number of aromatic nitrogens is 6. The van der Waals surface area contributed by atoms with Crippen LogP contribution in [0.3, 0.4) is 0 Å². The minimum atomic E-state index is -0.321. The van der Waals surface area contributed by atoms with Gasteiger partial charge in [0.05, 0.1) is 24.5 Å². The lowest BCUT2D eigenvalue weighted by atomic mass is 10.1. The number of nitrogens with zero attached hydrogens (tertiary/aromatic N) is 6. The Morgan fingerprint density at radius 2 is 1.06 bits per heavy atom. The number of carbonyl (C=O) groups excluding carboxylic acids is 2. The van der Waals surface area contributed by atoms with E-state index in [0.29, 0.717) is 35.9 Å². The van der Waals surface area contributed by atoms with E-state index in [1.807, 2.05) is 36.4 Å². The zero-order valence-electron chi connectivity index (χ0n) is 19.2. The Bertz CT molecular complexity index is 1350. The van der Waals surface area contributed by atoms with Gasteiger partial charge in [0, 0.05) is 48.0 Å². The fraction of sp³-hybridized carbons (Fsp3) is 0.0769. The van der Waals surface area contributed by atoms with Crippen LogP contribution in [0.5, 0.6) is 0 Å². The van der Waals surface area contributed by atoms with Crippen molar-refractivity contribution in [2.45, 2.75) is 13.1 Å². The summed E-state index contributed by atoms with van der Waals surface area (Å²) in [6.45, 7) is 1.00. The Morgan fingerprint density at radius 1 is 0.611 bits per heavy atom. The summed E-state index contributed by atoms with van der Waals surface area (Å²) in [5.74, 6) is 0.217. The van der Waals surface area contributed by atoms with Crippen molar-refractivity contribution in [3.63, 3.8) is 0 Å². The van der Waals surface area contributed by atoms with Crippen LogP contribution in [0, 0.1) is 0 Å². The van der Waals surface area contributed by atoms with Gasteiger partial charge in [-0.2, -0.15) is 10.2 Å². The molecule has 0 spiro atoms. The normalized spacial score (nSPS) is 10.7. The minimum Gasteiger partial charge on any atom is -0.305 e. The molecule has 5 aromatic rings. The van der Waals surface area contributed by atoms with Gasteiger partial charge in [-0.25, -0.2) is 0 Å². The second kappa shape index (κ2) is 10.4. The van der Waals surface area contributed by atoms with Crippen molar-refractivity contribution < 1.29 is 9.59 Å². The number of hydrogen-bond donors (Lipinski definition) is 2. The van der Waals surface area contributed by atoms with E-state index in [2.05, 4.69) is 30.8 Å². The Hall–Kier alpha value is -5.12. The molecule has 36 heavy (non-hydrogen) atoms. The van der Waals surface area contributed by atoms with Gasteiger partial charge in [0.15, 0.2) is 11.6 Å². The maximum Gasteiger partial charge on any atom is 0.256 e. The molecule has 2 amide bonds. The van der Waals surface area contributed by atoms with Gasteiger partial charge in [0.25, 0.3) is 11.8 Å². The molecule has 10 nitrogen and oxygen atoms in total. The van der Waals surface area contributed by atoms with E-state index in [9.17, 15) is 9.59 Å². The van der Waals surface area contributed by atoms with Gasteiger partial charge in [-0.15, -0.1) is 0 Å². The predicted octanol–water partition coefficient (Wildman–Crippen LogP) is 3.47. The SMILES string of the molecule is O=C(Nc1ccn(Cc2ccccn2)n1)c1ccc(C(=O)Nc2ccn(Cc3ccccn3)n2)cc1. The van der Waals surface area contributed by atoms with Crippen LogP contribution in [0.2, 0.25) is 0 Å². The molecule has 0 aliphatic heterocycles. The van der Waals surface area contributed by atoms with Crippen molar-refractivity contribution in [3.8, 4) is 0 Å². The molecule has 1 aromatic carbocycles. The van der Waals surface area contributed by atoms with Crippen molar-refractivity contribution in [2.75, 3.05) is 10.6 Å². The highest BCUT2D eigenvalue weighted by Gasteiger charge is 2.12. The molecule has 0 aliphatic rings. The third-order valence-corrected chi connectivity index (χ3v) is 5.27. The summed E-state index contributed by atoms with van der Waals surface area (Å²) >= 11 is 0. The third-order valence-electron chi connectivity index (χ3n) is 5.27. The van der Waals surface area contributed by atoms with Crippen molar-refractivity contribution in [1.82, 2.24) is 29.5 Å². The first-order valence-corrected chi connectivity index (χ1v) is 11.2. The zero-order valence-corrected chi connectivity index (χ0v) is 19.2. The van der Waals surface area contributed by atoms with E-state index in [1.54, 1.807) is 70.5 Å². The lowest BCUT2D eigenvalue weighted by Crippen LogP contribution is -2.15. The summed E-state index contributed by atoms with van der Waals surface area (Å²) in [4.78, 5) is 33.8. The lowest BCUT2D eigenvalue weighted by molar-refractivity contribution is 0.101. The summed E-state index contributed by atoms with van der Waals surface area (Å²) in [5.41, 5.74) is 2.55. The molecule has 2 N–H and O–H groups in total. The average Bonchev–Trinajstić information content (AvgIpc) is 3.54. The summed E-state index contributed by atoms with van der Waals surface area (Å²) in [7, 11) is 0. The van der Waals surface area contributed by atoms with Crippen LogP contribution in [-0.4, -0.2) is 41.3 Å². The average molecular weight is 479 g/mol. The maximum atomic E-state index is 12.6. The molecule has 0 saturated carbocycles. The quantitative estimate of drug-likeness (QED) is 0.352. The van der Waals surface area contributed by atoms with E-state index in [4.69, 9.17) is 0 Å². The first-order chi connectivity index (χ1) is 17.6. The van der Waals surface area contributed by atoms with E-state index < -0.39 is 0 Å². The number of benzene rings is 1. The molecule has 0 radical (unpaired) electrons. The molecular formula is C26H22N8O2. The highest BCUT2D eigenvalue weighted by atomic mass is 16.2. The maximum absolute atomic E-state index is 12.6. The largest absolute Gasteiger partial charge is 0.305 e. The van der Waals surface area contributed by atoms with E-state index in [0.717, 1.165) is 11.4 Å². The number of nitrogens with one attached hydrogen (secondary N) is 2.